The van der Waals surface area contributed by atoms with Crippen molar-refractivity contribution in [3.05, 3.63) is 0 Å². The Morgan fingerprint density at radius 2 is 0.595 bits per heavy atom. The van der Waals surface area contributed by atoms with E-state index in [1.807, 2.05) is 0 Å². The third-order valence-electron chi connectivity index (χ3n) is 8.54. The second-order valence-electron chi connectivity index (χ2n) is 12.9. The Kier molecular flexibility index (Phi) is 33.6. The molecule has 0 aliphatic carbocycles. The summed E-state index contributed by atoms with van der Waals surface area (Å²) in [5.41, 5.74) is 0. The van der Waals surface area contributed by atoms with Gasteiger partial charge in [-0.05, 0) is 19.3 Å². The summed E-state index contributed by atoms with van der Waals surface area (Å²) in [5, 5.41) is 0. The van der Waals surface area contributed by atoms with Crippen LogP contribution in [0, 0.1) is 0 Å². The van der Waals surface area contributed by atoms with Crippen LogP contribution in [0.3, 0.4) is 0 Å². The van der Waals surface area contributed by atoms with Gasteiger partial charge in [0.2, 0.25) is 6.29 Å². The summed E-state index contributed by atoms with van der Waals surface area (Å²) in [6, 6.07) is 0. The van der Waals surface area contributed by atoms with E-state index in [2.05, 4.69) is 20.8 Å². The van der Waals surface area contributed by atoms with Crippen LogP contribution < -0.4 is 0 Å². The molecule has 0 heterocycles. The van der Waals surface area contributed by atoms with E-state index in [0.717, 1.165) is 44.9 Å². The Labute approximate surface area is 263 Å². The first-order valence-corrected chi connectivity index (χ1v) is 19.0. The summed E-state index contributed by atoms with van der Waals surface area (Å²) in [5.74, 6) is -0.429. The first-order chi connectivity index (χ1) is 20.6. The van der Waals surface area contributed by atoms with Crippen molar-refractivity contribution in [1.82, 2.24) is 0 Å². The van der Waals surface area contributed by atoms with Gasteiger partial charge >= 0.3 is 11.9 Å². The Balaban J connectivity index is 3.83. The highest BCUT2D eigenvalue weighted by atomic mass is 16.7. The van der Waals surface area contributed by atoms with Gasteiger partial charge in [0.15, 0.2) is 0 Å². The monoisotopic (exact) mass is 595 g/mol. The van der Waals surface area contributed by atoms with Gasteiger partial charge in [0.1, 0.15) is 0 Å². The highest BCUT2D eigenvalue weighted by Crippen LogP contribution is 2.16. The molecule has 4 heteroatoms. The maximum absolute atomic E-state index is 12.4. The molecule has 0 aromatic rings. The maximum Gasteiger partial charge on any atom is 0.308 e. The molecule has 0 N–H and O–H groups in total. The van der Waals surface area contributed by atoms with E-state index in [4.69, 9.17) is 9.47 Å². The fourth-order valence-corrected chi connectivity index (χ4v) is 5.69. The van der Waals surface area contributed by atoms with Crippen molar-refractivity contribution in [2.24, 2.45) is 0 Å². The van der Waals surface area contributed by atoms with Gasteiger partial charge in [-0.2, -0.15) is 0 Å². The molecule has 0 rings (SSSR count). The lowest BCUT2D eigenvalue weighted by Gasteiger charge is -2.18. The number of hydrogen-bond acceptors (Lipinski definition) is 4. The lowest BCUT2D eigenvalue weighted by molar-refractivity contribution is -0.189. The average molecular weight is 595 g/mol. The van der Waals surface area contributed by atoms with Crippen molar-refractivity contribution in [3.63, 3.8) is 0 Å². The molecule has 4 nitrogen and oxygen atoms in total. The van der Waals surface area contributed by atoms with Gasteiger partial charge < -0.3 is 9.47 Å². The lowest BCUT2D eigenvalue weighted by Crippen LogP contribution is -2.24. The minimum Gasteiger partial charge on any atom is -0.425 e. The van der Waals surface area contributed by atoms with E-state index in [1.54, 1.807) is 0 Å². The number of hydrogen-bond donors (Lipinski definition) is 0. The van der Waals surface area contributed by atoms with Crippen LogP contribution in [0.4, 0.5) is 0 Å². The molecule has 0 atom stereocenters. The SMILES string of the molecule is CCCCCCCCCCCCCCCC(=O)OC(CCCCC)OC(=O)CCCCCCCCCCCCCCC. The van der Waals surface area contributed by atoms with Crippen molar-refractivity contribution in [3.8, 4) is 0 Å². The molecule has 0 bridgehead atoms. The fourth-order valence-electron chi connectivity index (χ4n) is 5.69. The molecule has 0 aromatic heterocycles. The van der Waals surface area contributed by atoms with E-state index < -0.39 is 6.29 Å². The average Bonchev–Trinajstić information content (AvgIpc) is 2.98. The highest BCUT2D eigenvalue weighted by molar-refractivity contribution is 5.71. The van der Waals surface area contributed by atoms with Gasteiger partial charge in [0.25, 0.3) is 0 Å². The largest absolute Gasteiger partial charge is 0.425 e. The van der Waals surface area contributed by atoms with Crippen molar-refractivity contribution in [1.29, 1.82) is 0 Å². The van der Waals surface area contributed by atoms with Crippen LogP contribution in [-0.4, -0.2) is 18.2 Å². The fraction of sp³-hybridized carbons (Fsp3) is 0.947. The Bertz CT molecular complexity index is 517. The first-order valence-electron chi connectivity index (χ1n) is 19.0. The van der Waals surface area contributed by atoms with Crippen LogP contribution in [0.2, 0.25) is 0 Å². The van der Waals surface area contributed by atoms with Crippen molar-refractivity contribution >= 4 is 11.9 Å². The summed E-state index contributed by atoms with van der Waals surface area (Å²) < 4.78 is 11.2. The molecule has 0 saturated carbocycles. The summed E-state index contributed by atoms with van der Waals surface area (Å²) in [6.07, 6.45) is 37.3. The quantitative estimate of drug-likeness (QED) is 0.0422. The molecule has 250 valence electrons. The van der Waals surface area contributed by atoms with Gasteiger partial charge in [-0.15, -0.1) is 0 Å². The molecule has 0 unspecified atom stereocenters. The predicted molar refractivity (Wildman–Crippen MR) is 181 cm³/mol. The zero-order valence-corrected chi connectivity index (χ0v) is 28.8. The molecule has 0 saturated heterocycles. The number of carbonyl (C=O) groups is 2. The van der Waals surface area contributed by atoms with Gasteiger partial charge in [-0.1, -0.05) is 188 Å². The van der Waals surface area contributed by atoms with Crippen molar-refractivity contribution < 1.29 is 19.1 Å². The summed E-state index contributed by atoms with van der Waals surface area (Å²) in [4.78, 5) is 24.9. The number of carbonyl (C=O) groups excluding carboxylic acids is 2. The summed E-state index contributed by atoms with van der Waals surface area (Å²) >= 11 is 0. The van der Waals surface area contributed by atoms with Gasteiger partial charge in [0, 0.05) is 19.3 Å². The number of unbranched alkanes of at least 4 members (excludes halogenated alkanes) is 26. The van der Waals surface area contributed by atoms with Crippen LogP contribution in [0.1, 0.15) is 226 Å². The topological polar surface area (TPSA) is 52.6 Å². The molecular formula is C38H74O4. The van der Waals surface area contributed by atoms with Gasteiger partial charge in [-0.3, -0.25) is 9.59 Å². The van der Waals surface area contributed by atoms with E-state index in [9.17, 15) is 9.59 Å². The zero-order chi connectivity index (χ0) is 30.8. The normalized spacial score (nSPS) is 11.3. The van der Waals surface area contributed by atoms with E-state index in [0.29, 0.717) is 19.3 Å². The second kappa shape index (κ2) is 34.4. The first kappa shape index (κ1) is 40.9. The van der Waals surface area contributed by atoms with Crippen LogP contribution in [0.15, 0.2) is 0 Å². The number of ether oxygens (including phenoxy) is 2. The van der Waals surface area contributed by atoms with Crippen LogP contribution in [-0.2, 0) is 19.1 Å². The van der Waals surface area contributed by atoms with Crippen molar-refractivity contribution in [2.45, 2.75) is 233 Å². The second-order valence-corrected chi connectivity index (χ2v) is 12.9. The van der Waals surface area contributed by atoms with E-state index in [-0.39, 0.29) is 11.9 Å². The van der Waals surface area contributed by atoms with E-state index >= 15 is 0 Å². The Hall–Kier alpha value is -1.06. The predicted octanol–water partition coefficient (Wildman–Crippen LogP) is 12.9. The lowest BCUT2D eigenvalue weighted by atomic mass is 10.0. The summed E-state index contributed by atoms with van der Waals surface area (Å²) in [7, 11) is 0. The minimum absolute atomic E-state index is 0.215. The Morgan fingerprint density at radius 1 is 0.357 bits per heavy atom. The smallest absolute Gasteiger partial charge is 0.308 e. The van der Waals surface area contributed by atoms with Crippen LogP contribution >= 0.6 is 0 Å². The van der Waals surface area contributed by atoms with E-state index in [1.165, 1.54) is 141 Å². The molecule has 0 amide bonds. The minimum atomic E-state index is -0.708. The third kappa shape index (κ3) is 31.9. The molecule has 0 aliphatic rings. The summed E-state index contributed by atoms with van der Waals surface area (Å²) in [6.45, 7) is 6.69. The van der Waals surface area contributed by atoms with Gasteiger partial charge in [-0.25, -0.2) is 0 Å². The molecule has 0 aliphatic heterocycles. The molecule has 0 radical (unpaired) electrons. The third-order valence-corrected chi connectivity index (χ3v) is 8.54. The Morgan fingerprint density at radius 3 is 0.881 bits per heavy atom. The molecule has 0 fully saturated rings. The van der Waals surface area contributed by atoms with Crippen LogP contribution in [0.5, 0.6) is 0 Å². The number of esters is 2. The maximum atomic E-state index is 12.4. The van der Waals surface area contributed by atoms with Crippen molar-refractivity contribution in [2.75, 3.05) is 0 Å². The van der Waals surface area contributed by atoms with Crippen LogP contribution in [0.25, 0.3) is 0 Å². The molecular weight excluding hydrogens is 520 g/mol. The molecule has 0 spiro atoms. The molecule has 42 heavy (non-hydrogen) atoms. The zero-order valence-electron chi connectivity index (χ0n) is 28.8. The number of rotatable bonds is 34. The highest BCUT2D eigenvalue weighted by Gasteiger charge is 2.18. The standard InChI is InChI=1S/C38H74O4/c1-4-7-10-12-14-16-18-20-22-24-26-28-31-33-36(39)41-38(35-30-9-6-3)42-37(40)34-32-29-27-25-23-21-19-17-15-13-11-8-5-2/h38H,4-35H2,1-3H3. The molecule has 0 aromatic carbocycles. The van der Waals surface area contributed by atoms with Gasteiger partial charge in [0.05, 0.1) is 0 Å².